The number of aliphatic hydroxyl groups excluding tert-OH is 1. The number of alkyl carbamates (subject to hydrolysis) is 1. The standard InChI is InChI=1S/C10H15NO6/c1-10(2)16-7-5(12)6(15-8(7)17-10)4-3-14-9(13)11-4/h4-8,12H,3H2,1-2H3,(H,11,13)/t4-,5-,6+,7+,8+/m0/s1. The quantitative estimate of drug-likeness (QED) is 0.637. The fourth-order valence-corrected chi connectivity index (χ4v) is 2.43. The third-order valence-electron chi connectivity index (χ3n) is 3.15. The van der Waals surface area contributed by atoms with Crippen LogP contribution in [0.2, 0.25) is 0 Å². The highest BCUT2D eigenvalue weighted by Crippen LogP contribution is 2.38. The number of aliphatic hydroxyl groups is 1. The number of nitrogens with one attached hydrogen (secondary N) is 1. The highest BCUT2D eigenvalue weighted by atomic mass is 16.8. The Bertz CT molecular complexity index is 346. The Kier molecular flexibility index (Phi) is 2.34. The molecule has 3 rings (SSSR count). The lowest BCUT2D eigenvalue weighted by atomic mass is 10.0. The van der Waals surface area contributed by atoms with Gasteiger partial charge in [-0.2, -0.15) is 0 Å². The summed E-state index contributed by atoms with van der Waals surface area (Å²) in [4.78, 5) is 10.9. The minimum Gasteiger partial charge on any atom is -0.447 e. The highest BCUT2D eigenvalue weighted by Gasteiger charge is 2.56. The van der Waals surface area contributed by atoms with E-state index in [0.717, 1.165) is 0 Å². The minimum absolute atomic E-state index is 0.184. The van der Waals surface area contributed by atoms with Crippen molar-refractivity contribution < 1.29 is 28.8 Å². The maximum Gasteiger partial charge on any atom is 0.407 e. The summed E-state index contributed by atoms with van der Waals surface area (Å²) in [6, 6.07) is -0.363. The molecular weight excluding hydrogens is 230 g/mol. The Morgan fingerprint density at radius 3 is 2.71 bits per heavy atom. The van der Waals surface area contributed by atoms with E-state index in [4.69, 9.17) is 18.9 Å². The van der Waals surface area contributed by atoms with Crippen LogP contribution in [-0.2, 0) is 18.9 Å². The van der Waals surface area contributed by atoms with Crippen LogP contribution >= 0.6 is 0 Å². The van der Waals surface area contributed by atoms with Crippen molar-refractivity contribution in [3.05, 3.63) is 0 Å². The average Bonchev–Trinajstić information content (AvgIpc) is 2.83. The summed E-state index contributed by atoms with van der Waals surface area (Å²) in [5.41, 5.74) is 0. The summed E-state index contributed by atoms with van der Waals surface area (Å²) >= 11 is 0. The first-order valence-electron chi connectivity index (χ1n) is 5.59. The third-order valence-corrected chi connectivity index (χ3v) is 3.15. The van der Waals surface area contributed by atoms with Crippen molar-refractivity contribution in [1.29, 1.82) is 0 Å². The summed E-state index contributed by atoms with van der Waals surface area (Å²) in [6.07, 6.45) is -3.01. The van der Waals surface area contributed by atoms with E-state index in [9.17, 15) is 9.90 Å². The first-order chi connectivity index (χ1) is 7.96. The van der Waals surface area contributed by atoms with Crippen molar-refractivity contribution in [3.63, 3.8) is 0 Å². The molecular formula is C10H15NO6. The van der Waals surface area contributed by atoms with Gasteiger partial charge in [-0.15, -0.1) is 0 Å². The van der Waals surface area contributed by atoms with Crippen molar-refractivity contribution in [2.24, 2.45) is 0 Å². The Balaban J connectivity index is 1.70. The van der Waals surface area contributed by atoms with Gasteiger partial charge in [0.1, 0.15) is 24.9 Å². The SMILES string of the molecule is CC1(C)O[C@H]2O[C@H]([C@@H]3COC(=O)N3)[C@H](O)[C@H]2O1. The zero-order valence-corrected chi connectivity index (χ0v) is 9.58. The van der Waals surface area contributed by atoms with Crippen molar-refractivity contribution in [2.75, 3.05) is 6.61 Å². The summed E-state index contributed by atoms with van der Waals surface area (Å²) in [5, 5.41) is 12.7. The number of amides is 1. The van der Waals surface area contributed by atoms with Crippen molar-refractivity contribution in [2.45, 2.75) is 50.3 Å². The molecule has 2 N–H and O–H groups in total. The number of ether oxygens (including phenoxy) is 4. The van der Waals surface area contributed by atoms with E-state index >= 15 is 0 Å². The third kappa shape index (κ3) is 1.79. The maximum atomic E-state index is 10.9. The first kappa shape index (κ1) is 11.2. The van der Waals surface area contributed by atoms with E-state index in [1.807, 2.05) is 0 Å². The van der Waals surface area contributed by atoms with Crippen molar-refractivity contribution in [3.8, 4) is 0 Å². The van der Waals surface area contributed by atoms with Crippen molar-refractivity contribution in [1.82, 2.24) is 5.32 Å². The van der Waals surface area contributed by atoms with Crippen LogP contribution in [0.15, 0.2) is 0 Å². The van der Waals surface area contributed by atoms with Gasteiger partial charge in [0.05, 0.1) is 6.04 Å². The summed E-state index contributed by atoms with van der Waals surface area (Å²) in [6.45, 7) is 3.71. The fraction of sp³-hybridized carbons (Fsp3) is 0.900. The molecule has 96 valence electrons. The maximum absolute atomic E-state index is 10.9. The van der Waals surface area contributed by atoms with Gasteiger partial charge in [0, 0.05) is 0 Å². The Morgan fingerprint density at radius 1 is 1.35 bits per heavy atom. The van der Waals surface area contributed by atoms with Crippen LogP contribution in [0.1, 0.15) is 13.8 Å². The van der Waals surface area contributed by atoms with E-state index in [0.29, 0.717) is 0 Å². The molecule has 1 amide bonds. The van der Waals surface area contributed by atoms with Gasteiger partial charge in [0.15, 0.2) is 12.1 Å². The number of fused-ring (bicyclic) bond motifs is 1. The first-order valence-corrected chi connectivity index (χ1v) is 5.59. The molecule has 3 saturated heterocycles. The number of rotatable bonds is 1. The Hall–Kier alpha value is -0.890. The van der Waals surface area contributed by atoms with Crippen LogP contribution in [0.3, 0.4) is 0 Å². The topological polar surface area (TPSA) is 86.3 Å². The lowest BCUT2D eigenvalue weighted by molar-refractivity contribution is -0.217. The summed E-state index contributed by atoms with van der Waals surface area (Å²) in [7, 11) is 0. The molecule has 0 aromatic heterocycles. The van der Waals surface area contributed by atoms with E-state index in [2.05, 4.69) is 5.32 Å². The number of carbonyl (C=O) groups is 1. The molecule has 17 heavy (non-hydrogen) atoms. The van der Waals surface area contributed by atoms with Gasteiger partial charge in [-0.25, -0.2) is 4.79 Å². The number of cyclic esters (lactones) is 1. The molecule has 0 aliphatic carbocycles. The predicted molar refractivity (Wildman–Crippen MR) is 53.0 cm³/mol. The van der Waals surface area contributed by atoms with Gasteiger partial charge in [0.2, 0.25) is 0 Å². The number of hydrogen-bond donors (Lipinski definition) is 2. The Labute approximate surface area is 98.0 Å². The molecule has 0 aromatic rings. The molecule has 3 fully saturated rings. The van der Waals surface area contributed by atoms with Crippen LogP contribution in [0.5, 0.6) is 0 Å². The van der Waals surface area contributed by atoms with E-state index in [-0.39, 0.29) is 12.6 Å². The summed E-state index contributed by atoms with van der Waals surface area (Å²) < 4.78 is 21.4. The van der Waals surface area contributed by atoms with Crippen molar-refractivity contribution >= 4 is 6.09 Å². The van der Waals surface area contributed by atoms with Crippen LogP contribution in [0.4, 0.5) is 4.79 Å². The predicted octanol–water partition coefficient (Wildman–Crippen LogP) is -0.668. The number of hydrogen-bond acceptors (Lipinski definition) is 6. The van der Waals surface area contributed by atoms with Gasteiger partial charge in [0.25, 0.3) is 0 Å². The molecule has 7 heteroatoms. The monoisotopic (exact) mass is 245 g/mol. The highest BCUT2D eigenvalue weighted by molar-refractivity contribution is 5.69. The van der Waals surface area contributed by atoms with Gasteiger partial charge in [-0.05, 0) is 13.8 Å². The van der Waals surface area contributed by atoms with Gasteiger partial charge in [-0.1, -0.05) is 0 Å². The molecule has 0 saturated carbocycles. The van der Waals surface area contributed by atoms with Gasteiger partial charge < -0.3 is 29.4 Å². The average molecular weight is 245 g/mol. The minimum atomic E-state index is -0.839. The molecule has 3 heterocycles. The fourth-order valence-electron chi connectivity index (χ4n) is 2.43. The molecule has 3 aliphatic rings. The van der Waals surface area contributed by atoms with Crippen LogP contribution in [0.25, 0.3) is 0 Å². The molecule has 0 aromatic carbocycles. The largest absolute Gasteiger partial charge is 0.447 e. The van der Waals surface area contributed by atoms with E-state index in [1.54, 1.807) is 13.8 Å². The van der Waals surface area contributed by atoms with Crippen LogP contribution in [-0.4, -0.2) is 54.2 Å². The Morgan fingerprint density at radius 2 is 2.12 bits per heavy atom. The van der Waals surface area contributed by atoms with Crippen LogP contribution in [0, 0.1) is 0 Å². The van der Waals surface area contributed by atoms with Gasteiger partial charge in [-0.3, -0.25) is 0 Å². The second kappa shape index (κ2) is 3.55. The van der Waals surface area contributed by atoms with Gasteiger partial charge >= 0.3 is 6.09 Å². The molecule has 3 aliphatic heterocycles. The lowest BCUT2D eigenvalue weighted by Crippen LogP contribution is -2.46. The smallest absolute Gasteiger partial charge is 0.407 e. The number of carbonyl (C=O) groups excluding carboxylic acids is 1. The molecule has 7 nitrogen and oxygen atoms in total. The van der Waals surface area contributed by atoms with E-state index < -0.39 is 36.5 Å². The molecule has 0 spiro atoms. The molecule has 0 radical (unpaired) electrons. The molecule has 0 bridgehead atoms. The molecule has 0 unspecified atom stereocenters. The zero-order chi connectivity index (χ0) is 12.2. The van der Waals surface area contributed by atoms with Crippen LogP contribution < -0.4 is 5.32 Å². The molecule has 5 atom stereocenters. The second-order valence-corrected chi connectivity index (χ2v) is 4.91. The second-order valence-electron chi connectivity index (χ2n) is 4.91. The van der Waals surface area contributed by atoms with E-state index in [1.165, 1.54) is 0 Å². The lowest BCUT2D eigenvalue weighted by Gasteiger charge is -2.25. The normalized spacial score (nSPS) is 47.7. The summed E-state index contributed by atoms with van der Waals surface area (Å²) in [5.74, 6) is -0.753. The zero-order valence-electron chi connectivity index (χ0n) is 9.58.